The van der Waals surface area contributed by atoms with E-state index in [1.807, 2.05) is 38.1 Å². The zero-order valence-corrected chi connectivity index (χ0v) is 11.5. The maximum atomic E-state index is 12.1. The molecule has 0 radical (unpaired) electrons. The SMILES string of the molecule is CC(=O)Cc1ccc(-n2ccn(C(C)C)c2=O)cc1. The van der Waals surface area contributed by atoms with Crippen LogP contribution >= 0.6 is 0 Å². The second-order valence-electron chi connectivity index (χ2n) is 5.00. The molecule has 0 bridgehead atoms. The van der Waals surface area contributed by atoms with Gasteiger partial charge in [0.05, 0.1) is 5.69 Å². The number of rotatable bonds is 4. The minimum absolute atomic E-state index is 0.0469. The number of carbonyl (C=O) groups is 1. The monoisotopic (exact) mass is 258 g/mol. The number of ketones is 1. The molecule has 1 aromatic heterocycles. The third-order valence-corrected chi connectivity index (χ3v) is 3.03. The van der Waals surface area contributed by atoms with Crippen LogP contribution in [0.5, 0.6) is 0 Å². The van der Waals surface area contributed by atoms with Gasteiger partial charge in [-0.25, -0.2) is 4.79 Å². The van der Waals surface area contributed by atoms with Crippen LogP contribution in [0.1, 0.15) is 32.4 Å². The average Bonchev–Trinajstić information content (AvgIpc) is 2.71. The maximum absolute atomic E-state index is 12.1. The van der Waals surface area contributed by atoms with Gasteiger partial charge in [0.1, 0.15) is 5.78 Å². The Bertz CT molecular complexity index is 633. The summed E-state index contributed by atoms with van der Waals surface area (Å²) in [5, 5.41) is 0. The first-order valence-corrected chi connectivity index (χ1v) is 6.37. The molecular weight excluding hydrogens is 240 g/mol. The Kier molecular flexibility index (Phi) is 3.69. The zero-order valence-electron chi connectivity index (χ0n) is 11.5. The van der Waals surface area contributed by atoms with Crippen molar-refractivity contribution >= 4 is 5.78 Å². The first-order chi connectivity index (χ1) is 8.99. The summed E-state index contributed by atoms with van der Waals surface area (Å²) in [5.74, 6) is 0.135. The summed E-state index contributed by atoms with van der Waals surface area (Å²) >= 11 is 0. The van der Waals surface area contributed by atoms with Gasteiger partial charge in [0.25, 0.3) is 0 Å². The summed E-state index contributed by atoms with van der Waals surface area (Å²) in [6.07, 6.45) is 3.99. The Morgan fingerprint density at radius 3 is 2.26 bits per heavy atom. The number of aromatic nitrogens is 2. The molecule has 0 saturated heterocycles. The number of nitrogens with zero attached hydrogens (tertiary/aromatic N) is 2. The van der Waals surface area contributed by atoms with Crippen molar-refractivity contribution in [2.24, 2.45) is 0 Å². The van der Waals surface area contributed by atoms with Gasteiger partial charge in [-0.2, -0.15) is 0 Å². The summed E-state index contributed by atoms with van der Waals surface area (Å²) in [6.45, 7) is 5.52. The molecule has 4 nitrogen and oxygen atoms in total. The van der Waals surface area contributed by atoms with Crippen LogP contribution < -0.4 is 5.69 Å². The topological polar surface area (TPSA) is 44.0 Å². The Labute approximate surface area is 112 Å². The van der Waals surface area contributed by atoms with E-state index in [2.05, 4.69) is 0 Å². The lowest BCUT2D eigenvalue weighted by atomic mass is 10.1. The van der Waals surface area contributed by atoms with Gasteiger partial charge < -0.3 is 0 Å². The summed E-state index contributed by atoms with van der Waals surface area (Å²) in [5.41, 5.74) is 1.73. The van der Waals surface area contributed by atoms with Crippen molar-refractivity contribution in [2.75, 3.05) is 0 Å². The molecule has 4 heteroatoms. The number of hydrogen-bond acceptors (Lipinski definition) is 2. The summed E-state index contributed by atoms with van der Waals surface area (Å²) < 4.78 is 3.29. The molecule has 0 aliphatic heterocycles. The van der Waals surface area contributed by atoms with Crippen molar-refractivity contribution in [3.8, 4) is 5.69 Å². The highest BCUT2D eigenvalue weighted by atomic mass is 16.1. The van der Waals surface area contributed by atoms with Crippen molar-refractivity contribution in [1.82, 2.24) is 9.13 Å². The molecule has 1 heterocycles. The van der Waals surface area contributed by atoms with E-state index in [1.54, 1.807) is 28.5 Å². The molecule has 19 heavy (non-hydrogen) atoms. The molecule has 2 rings (SSSR count). The number of Topliss-reactive ketones (excluding diaryl/α,β-unsaturated/α-hetero) is 1. The molecule has 1 aromatic carbocycles. The second kappa shape index (κ2) is 5.26. The molecule has 0 amide bonds. The first-order valence-electron chi connectivity index (χ1n) is 6.37. The molecular formula is C15H18N2O2. The number of carbonyl (C=O) groups excluding carboxylic acids is 1. The first kappa shape index (κ1) is 13.3. The Morgan fingerprint density at radius 1 is 1.16 bits per heavy atom. The Hall–Kier alpha value is -2.10. The number of imidazole rings is 1. The van der Waals surface area contributed by atoms with Crippen molar-refractivity contribution in [3.05, 3.63) is 52.7 Å². The largest absolute Gasteiger partial charge is 0.332 e. The second-order valence-corrected chi connectivity index (χ2v) is 5.00. The van der Waals surface area contributed by atoms with Gasteiger partial charge in [-0.05, 0) is 38.5 Å². The predicted octanol–water partition coefficient (Wildman–Crippen LogP) is 2.35. The number of benzene rings is 1. The lowest BCUT2D eigenvalue weighted by Gasteiger charge is -2.05. The van der Waals surface area contributed by atoms with Crippen molar-refractivity contribution in [2.45, 2.75) is 33.2 Å². The normalized spacial score (nSPS) is 10.9. The molecule has 0 atom stereocenters. The fraction of sp³-hybridized carbons (Fsp3) is 0.333. The van der Waals surface area contributed by atoms with Crippen molar-refractivity contribution in [1.29, 1.82) is 0 Å². The average molecular weight is 258 g/mol. The van der Waals surface area contributed by atoms with Gasteiger partial charge in [0, 0.05) is 24.9 Å². The molecule has 100 valence electrons. The van der Waals surface area contributed by atoms with Gasteiger partial charge in [-0.15, -0.1) is 0 Å². The predicted molar refractivity (Wildman–Crippen MR) is 74.8 cm³/mol. The maximum Gasteiger partial charge on any atom is 0.332 e. The van der Waals surface area contributed by atoms with E-state index in [0.29, 0.717) is 6.42 Å². The van der Waals surface area contributed by atoms with Crippen LogP contribution in [0.25, 0.3) is 5.69 Å². The fourth-order valence-electron chi connectivity index (χ4n) is 2.04. The lowest BCUT2D eigenvalue weighted by Crippen LogP contribution is -2.24. The minimum Gasteiger partial charge on any atom is -0.300 e. The van der Waals surface area contributed by atoms with Crippen LogP contribution in [-0.4, -0.2) is 14.9 Å². The van der Waals surface area contributed by atoms with Gasteiger partial charge in [-0.1, -0.05) is 12.1 Å². The summed E-state index contributed by atoms with van der Waals surface area (Å²) in [6, 6.07) is 7.64. The van der Waals surface area contributed by atoms with Crippen LogP contribution in [0.15, 0.2) is 41.5 Å². The highest BCUT2D eigenvalue weighted by Crippen LogP contribution is 2.10. The zero-order chi connectivity index (χ0) is 14.0. The molecule has 2 aromatic rings. The molecule has 0 aliphatic rings. The van der Waals surface area contributed by atoms with E-state index in [4.69, 9.17) is 0 Å². The summed E-state index contributed by atoms with van der Waals surface area (Å²) in [7, 11) is 0. The molecule has 0 aliphatic carbocycles. The van der Waals surface area contributed by atoms with E-state index in [-0.39, 0.29) is 17.5 Å². The van der Waals surface area contributed by atoms with Crippen molar-refractivity contribution in [3.63, 3.8) is 0 Å². The fourth-order valence-corrected chi connectivity index (χ4v) is 2.04. The van der Waals surface area contributed by atoms with Gasteiger partial charge >= 0.3 is 5.69 Å². The molecule has 0 unspecified atom stereocenters. The van der Waals surface area contributed by atoms with E-state index >= 15 is 0 Å². The lowest BCUT2D eigenvalue weighted by molar-refractivity contribution is -0.116. The third-order valence-electron chi connectivity index (χ3n) is 3.03. The van der Waals surface area contributed by atoms with Gasteiger partial charge in [0.2, 0.25) is 0 Å². The standard InChI is InChI=1S/C15H18N2O2/c1-11(2)16-8-9-17(15(16)19)14-6-4-13(5-7-14)10-12(3)18/h4-9,11H,10H2,1-3H3. The van der Waals surface area contributed by atoms with E-state index in [9.17, 15) is 9.59 Å². The Balaban J connectivity index is 2.32. The molecule has 0 N–H and O–H groups in total. The van der Waals surface area contributed by atoms with E-state index < -0.39 is 0 Å². The number of hydrogen-bond donors (Lipinski definition) is 0. The van der Waals surface area contributed by atoms with E-state index in [0.717, 1.165) is 11.3 Å². The smallest absolute Gasteiger partial charge is 0.300 e. The Morgan fingerprint density at radius 2 is 1.79 bits per heavy atom. The van der Waals surface area contributed by atoms with Gasteiger partial charge in [0.15, 0.2) is 0 Å². The van der Waals surface area contributed by atoms with Crippen LogP contribution in [-0.2, 0) is 11.2 Å². The van der Waals surface area contributed by atoms with Crippen molar-refractivity contribution < 1.29 is 4.79 Å². The highest BCUT2D eigenvalue weighted by molar-refractivity contribution is 5.78. The highest BCUT2D eigenvalue weighted by Gasteiger charge is 2.07. The molecule has 0 fully saturated rings. The third kappa shape index (κ3) is 2.84. The van der Waals surface area contributed by atoms with Crippen LogP contribution in [0.4, 0.5) is 0 Å². The quantitative estimate of drug-likeness (QED) is 0.845. The van der Waals surface area contributed by atoms with Crippen LogP contribution in [0.3, 0.4) is 0 Å². The van der Waals surface area contributed by atoms with Crippen LogP contribution in [0, 0.1) is 0 Å². The summed E-state index contributed by atoms with van der Waals surface area (Å²) in [4.78, 5) is 23.2. The molecule has 0 spiro atoms. The van der Waals surface area contributed by atoms with Crippen LogP contribution in [0.2, 0.25) is 0 Å². The minimum atomic E-state index is -0.0469. The molecule has 0 saturated carbocycles. The van der Waals surface area contributed by atoms with Gasteiger partial charge in [-0.3, -0.25) is 13.9 Å². The van der Waals surface area contributed by atoms with E-state index in [1.165, 1.54) is 0 Å².